The fourth-order valence-corrected chi connectivity index (χ4v) is 4.49. The van der Waals surface area contributed by atoms with Crippen molar-refractivity contribution in [1.82, 2.24) is 15.5 Å². The summed E-state index contributed by atoms with van der Waals surface area (Å²) in [5.74, 6) is 1.18. The van der Waals surface area contributed by atoms with Gasteiger partial charge in [-0.2, -0.15) is 4.98 Å². The highest BCUT2D eigenvalue weighted by atomic mass is 16.5. The summed E-state index contributed by atoms with van der Waals surface area (Å²) in [6.45, 7) is 0.891. The van der Waals surface area contributed by atoms with E-state index in [1.165, 1.54) is 12.0 Å². The summed E-state index contributed by atoms with van der Waals surface area (Å²) in [5.41, 5.74) is 1.42. The molecule has 0 bridgehead atoms. The van der Waals surface area contributed by atoms with Gasteiger partial charge in [-0.3, -0.25) is 4.79 Å². The van der Waals surface area contributed by atoms with E-state index in [9.17, 15) is 9.90 Å². The van der Waals surface area contributed by atoms with E-state index in [-0.39, 0.29) is 17.3 Å². The number of nitrogens with zero attached hydrogens (tertiary/aromatic N) is 2. The highest BCUT2D eigenvalue weighted by molar-refractivity contribution is 5.70. The lowest BCUT2D eigenvalue weighted by atomic mass is 10.0. The van der Waals surface area contributed by atoms with Crippen LogP contribution in [0.1, 0.15) is 67.6 Å². The molecule has 142 valence electrons. The van der Waals surface area contributed by atoms with E-state index in [0.717, 1.165) is 31.6 Å². The zero-order chi connectivity index (χ0) is 18.4. The lowest BCUT2D eigenvalue weighted by Gasteiger charge is -2.12. The van der Waals surface area contributed by atoms with Gasteiger partial charge in [-0.1, -0.05) is 35.5 Å². The van der Waals surface area contributed by atoms with Crippen LogP contribution in [0.4, 0.5) is 0 Å². The molecule has 3 aliphatic rings. The average Bonchev–Trinajstić information content (AvgIpc) is 3.52. The topological polar surface area (TPSA) is 88.2 Å². The van der Waals surface area contributed by atoms with E-state index in [0.29, 0.717) is 30.7 Å². The Morgan fingerprint density at radius 2 is 2.04 bits per heavy atom. The van der Waals surface area contributed by atoms with Crippen molar-refractivity contribution in [2.45, 2.75) is 61.8 Å². The lowest BCUT2D eigenvalue weighted by Crippen LogP contribution is -2.30. The Morgan fingerprint density at radius 1 is 1.22 bits per heavy atom. The molecule has 1 aromatic carbocycles. The van der Waals surface area contributed by atoms with E-state index < -0.39 is 5.97 Å². The molecule has 3 saturated carbocycles. The van der Waals surface area contributed by atoms with Crippen LogP contribution >= 0.6 is 0 Å². The molecule has 6 heteroatoms. The Balaban J connectivity index is 1.19. The first-order chi connectivity index (χ1) is 13.1. The largest absolute Gasteiger partial charge is 0.481 e. The molecule has 6 nitrogen and oxygen atoms in total. The second-order valence-electron chi connectivity index (χ2n) is 8.52. The molecule has 27 heavy (non-hydrogen) atoms. The van der Waals surface area contributed by atoms with Crippen molar-refractivity contribution >= 4 is 5.97 Å². The summed E-state index contributed by atoms with van der Waals surface area (Å²) in [4.78, 5) is 15.8. The fraction of sp³-hybridized carbons (Fsp3) is 0.571. The van der Waals surface area contributed by atoms with Gasteiger partial charge in [-0.25, -0.2) is 0 Å². The Hall–Kier alpha value is -2.21. The summed E-state index contributed by atoms with van der Waals surface area (Å²) in [6, 6.07) is 11.2. The Kier molecular flexibility index (Phi) is 4.04. The monoisotopic (exact) mass is 367 g/mol. The minimum Gasteiger partial charge on any atom is -0.481 e. The number of carboxylic acids is 1. The van der Waals surface area contributed by atoms with E-state index in [1.54, 1.807) is 0 Å². The van der Waals surface area contributed by atoms with Crippen molar-refractivity contribution in [3.8, 4) is 0 Å². The maximum Gasteiger partial charge on any atom is 0.306 e. The molecule has 1 aromatic heterocycles. The average molecular weight is 367 g/mol. The molecule has 3 fully saturated rings. The maximum absolute atomic E-state index is 11.2. The second kappa shape index (κ2) is 6.44. The number of benzene rings is 1. The highest BCUT2D eigenvalue weighted by Crippen LogP contribution is 2.49. The van der Waals surface area contributed by atoms with Crippen molar-refractivity contribution in [2.24, 2.45) is 5.92 Å². The first-order valence-corrected chi connectivity index (χ1v) is 10.00. The molecule has 2 unspecified atom stereocenters. The third-order valence-electron chi connectivity index (χ3n) is 6.62. The molecule has 0 saturated heterocycles. The number of hydrogen-bond acceptors (Lipinski definition) is 5. The van der Waals surface area contributed by atoms with Crippen molar-refractivity contribution in [1.29, 1.82) is 0 Å². The third kappa shape index (κ3) is 3.27. The minimum absolute atomic E-state index is 0.0103. The number of carboxylic acid groups (broad SMARTS) is 1. The van der Waals surface area contributed by atoms with Crippen LogP contribution in [-0.4, -0.2) is 33.8 Å². The molecule has 0 spiro atoms. The number of aromatic nitrogens is 2. The molecule has 0 amide bonds. The predicted molar refractivity (Wildman–Crippen MR) is 98.5 cm³/mol. The van der Waals surface area contributed by atoms with E-state index in [1.807, 2.05) is 0 Å². The standard InChI is InChI=1S/C21H25N3O3/c25-19(26)15-7-6-14(10-15)18-23-20(24-27-18)21(8-9-21)12-22-17-11-16(17)13-4-2-1-3-5-13/h1-5,14-17,22H,6-12H2,(H,25,26)/t14-,15+,16?,17?/m1/s1. The first kappa shape index (κ1) is 16.9. The number of hydrogen-bond donors (Lipinski definition) is 2. The number of rotatable bonds is 7. The smallest absolute Gasteiger partial charge is 0.306 e. The number of carbonyl (C=O) groups is 1. The van der Waals surface area contributed by atoms with Crippen LogP contribution < -0.4 is 5.32 Å². The Labute approximate surface area is 158 Å². The van der Waals surface area contributed by atoms with Gasteiger partial charge in [-0.05, 0) is 44.1 Å². The Bertz CT molecular complexity index is 830. The van der Waals surface area contributed by atoms with Crippen molar-refractivity contribution < 1.29 is 14.4 Å². The van der Waals surface area contributed by atoms with E-state index in [2.05, 4.69) is 45.8 Å². The fourth-order valence-electron chi connectivity index (χ4n) is 4.49. The second-order valence-corrected chi connectivity index (χ2v) is 8.52. The predicted octanol–water partition coefficient (Wildman–Crippen LogP) is 3.22. The van der Waals surface area contributed by atoms with Crippen molar-refractivity contribution in [3.05, 3.63) is 47.6 Å². The van der Waals surface area contributed by atoms with Gasteiger partial charge >= 0.3 is 5.97 Å². The molecular weight excluding hydrogens is 342 g/mol. The van der Waals surface area contributed by atoms with Crippen LogP contribution in [0, 0.1) is 5.92 Å². The van der Waals surface area contributed by atoms with Crippen molar-refractivity contribution in [3.63, 3.8) is 0 Å². The summed E-state index contributed by atoms with van der Waals surface area (Å²) >= 11 is 0. The van der Waals surface area contributed by atoms with Crippen LogP contribution in [-0.2, 0) is 10.2 Å². The Morgan fingerprint density at radius 3 is 2.74 bits per heavy atom. The molecule has 4 atom stereocenters. The highest BCUT2D eigenvalue weighted by Gasteiger charge is 2.50. The maximum atomic E-state index is 11.2. The van der Waals surface area contributed by atoms with Gasteiger partial charge < -0.3 is 14.9 Å². The normalized spacial score (nSPS) is 31.0. The van der Waals surface area contributed by atoms with Crippen LogP contribution in [0.3, 0.4) is 0 Å². The first-order valence-electron chi connectivity index (χ1n) is 10.00. The van der Waals surface area contributed by atoms with Gasteiger partial charge in [0.1, 0.15) is 0 Å². The number of aliphatic carboxylic acids is 1. The molecule has 1 heterocycles. The van der Waals surface area contributed by atoms with Crippen LogP contribution in [0.25, 0.3) is 0 Å². The summed E-state index contributed by atoms with van der Waals surface area (Å²) < 4.78 is 5.53. The SMILES string of the molecule is O=C(O)[C@H]1CC[C@@H](c2nc(C3(CNC4CC4c4ccccc4)CC3)no2)C1. The van der Waals surface area contributed by atoms with E-state index >= 15 is 0 Å². The van der Waals surface area contributed by atoms with E-state index in [4.69, 9.17) is 4.52 Å². The zero-order valence-corrected chi connectivity index (χ0v) is 15.3. The molecule has 3 aliphatic carbocycles. The van der Waals surface area contributed by atoms with Crippen LogP contribution in [0.15, 0.2) is 34.9 Å². The quantitative estimate of drug-likeness (QED) is 0.781. The van der Waals surface area contributed by atoms with Crippen LogP contribution in [0.5, 0.6) is 0 Å². The van der Waals surface area contributed by atoms with Gasteiger partial charge in [0.15, 0.2) is 5.82 Å². The molecule has 0 aliphatic heterocycles. The number of nitrogens with one attached hydrogen (secondary N) is 1. The minimum atomic E-state index is -0.711. The molecule has 2 N–H and O–H groups in total. The third-order valence-corrected chi connectivity index (χ3v) is 6.62. The van der Waals surface area contributed by atoms with Crippen molar-refractivity contribution in [2.75, 3.05) is 6.54 Å². The summed E-state index contributed by atoms with van der Waals surface area (Å²) in [5, 5.41) is 17.2. The van der Waals surface area contributed by atoms with Gasteiger partial charge in [0.05, 0.1) is 5.92 Å². The molecule has 2 aromatic rings. The van der Waals surface area contributed by atoms with Crippen LogP contribution in [0.2, 0.25) is 0 Å². The molecular formula is C21H25N3O3. The summed E-state index contributed by atoms with van der Waals surface area (Å²) in [7, 11) is 0. The lowest BCUT2D eigenvalue weighted by molar-refractivity contribution is -0.141. The van der Waals surface area contributed by atoms with Gasteiger partial charge in [-0.15, -0.1) is 0 Å². The van der Waals surface area contributed by atoms with Gasteiger partial charge in [0.2, 0.25) is 5.89 Å². The van der Waals surface area contributed by atoms with Gasteiger partial charge in [0, 0.05) is 29.8 Å². The van der Waals surface area contributed by atoms with Gasteiger partial charge in [0.25, 0.3) is 0 Å². The zero-order valence-electron chi connectivity index (χ0n) is 15.3. The molecule has 5 rings (SSSR count). The molecule has 0 radical (unpaired) electrons. The summed E-state index contributed by atoms with van der Waals surface area (Å²) in [6.07, 6.45) is 5.51.